The van der Waals surface area contributed by atoms with Crippen LogP contribution in [0.15, 0.2) is 54.6 Å². The standard InChI is InChI=1S/C34H45N3O2S/c1-23(2)17-31(34(38)39)37-21-29(30(22-37)28-12-8-9-24(3)18-28)20-36-15-13-27(14-16-36)33-25(4)35-32(40-33)19-26-10-6-5-7-11-26/h5-12,18,23,27,29-31H,13-17,19-22H2,1-4H3,(H,38,39). The number of hydrogen-bond donors (Lipinski definition) is 1. The third-order valence-electron chi connectivity index (χ3n) is 8.89. The van der Waals surface area contributed by atoms with Crippen molar-refractivity contribution in [2.45, 2.75) is 71.3 Å². The summed E-state index contributed by atoms with van der Waals surface area (Å²) in [5, 5.41) is 11.3. The Morgan fingerprint density at radius 2 is 1.80 bits per heavy atom. The number of aliphatic carboxylic acids is 1. The molecule has 3 atom stereocenters. The lowest BCUT2D eigenvalue weighted by Gasteiger charge is -2.34. The molecule has 0 aliphatic carbocycles. The molecule has 2 aliphatic heterocycles. The minimum Gasteiger partial charge on any atom is -0.480 e. The Labute approximate surface area is 244 Å². The Morgan fingerprint density at radius 3 is 2.48 bits per heavy atom. The fourth-order valence-electron chi connectivity index (χ4n) is 6.88. The number of carboxylic acid groups (broad SMARTS) is 1. The summed E-state index contributed by atoms with van der Waals surface area (Å²) in [6.07, 6.45) is 3.96. The van der Waals surface area contributed by atoms with Crippen LogP contribution in [0.3, 0.4) is 0 Å². The molecule has 1 aromatic heterocycles. The Hall–Kier alpha value is -2.54. The Balaban J connectivity index is 1.24. The van der Waals surface area contributed by atoms with Gasteiger partial charge in [-0.2, -0.15) is 0 Å². The largest absolute Gasteiger partial charge is 0.480 e. The molecule has 3 heterocycles. The van der Waals surface area contributed by atoms with Gasteiger partial charge in [-0.3, -0.25) is 9.69 Å². The van der Waals surface area contributed by atoms with Crippen molar-refractivity contribution >= 4 is 17.3 Å². The number of thiazole rings is 1. The highest BCUT2D eigenvalue weighted by Crippen LogP contribution is 2.38. The maximum Gasteiger partial charge on any atom is 0.320 e. The molecule has 0 bridgehead atoms. The summed E-state index contributed by atoms with van der Waals surface area (Å²) in [6.45, 7) is 13.5. The van der Waals surface area contributed by atoms with Crippen molar-refractivity contribution in [3.8, 4) is 0 Å². The maximum atomic E-state index is 12.3. The predicted octanol–water partition coefficient (Wildman–Crippen LogP) is 6.75. The highest BCUT2D eigenvalue weighted by molar-refractivity contribution is 7.11. The van der Waals surface area contributed by atoms with E-state index in [4.69, 9.17) is 4.98 Å². The number of likely N-dealkylation sites (tertiary alicyclic amines) is 2. The molecule has 40 heavy (non-hydrogen) atoms. The van der Waals surface area contributed by atoms with Gasteiger partial charge < -0.3 is 10.0 Å². The maximum absolute atomic E-state index is 12.3. The van der Waals surface area contributed by atoms with Gasteiger partial charge in [0.1, 0.15) is 6.04 Å². The van der Waals surface area contributed by atoms with Crippen molar-refractivity contribution in [1.29, 1.82) is 0 Å². The van der Waals surface area contributed by atoms with Crippen molar-refractivity contribution in [3.63, 3.8) is 0 Å². The Bertz CT molecular complexity index is 1270. The van der Waals surface area contributed by atoms with E-state index >= 15 is 0 Å². The number of benzene rings is 2. The first-order valence-electron chi connectivity index (χ1n) is 15.0. The summed E-state index contributed by atoms with van der Waals surface area (Å²) in [6, 6.07) is 19.1. The predicted molar refractivity (Wildman–Crippen MR) is 164 cm³/mol. The SMILES string of the molecule is Cc1cccc(C2CN(C(CC(C)C)C(=O)O)CC2CN2CCC(c3sc(Cc4ccccc4)nc3C)CC2)c1. The van der Waals surface area contributed by atoms with Gasteiger partial charge in [0.15, 0.2) is 0 Å². The van der Waals surface area contributed by atoms with Crippen LogP contribution in [0.25, 0.3) is 0 Å². The van der Waals surface area contributed by atoms with Gasteiger partial charge in [0.2, 0.25) is 0 Å². The monoisotopic (exact) mass is 559 g/mol. The summed E-state index contributed by atoms with van der Waals surface area (Å²) in [4.78, 5) is 23.6. The molecule has 5 rings (SSSR count). The van der Waals surface area contributed by atoms with Crippen molar-refractivity contribution < 1.29 is 9.90 Å². The zero-order valence-electron chi connectivity index (χ0n) is 24.6. The summed E-state index contributed by atoms with van der Waals surface area (Å²) in [5.74, 6) is 1.09. The normalized spacial score (nSPS) is 21.7. The summed E-state index contributed by atoms with van der Waals surface area (Å²) in [7, 11) is 0. The molecule has 2 fully saturated rings. The second-order valence-corrected chi connectivity index (χ2v) is 13.6. The topological polar surface area (TPSA) is 56.7 Å². The lowest BCUT2D eigenvalue weighted by atomic mass is 9.87. The number of hydrogen-bond acceptors (Lipinski definition) is 5. The summed E-state index contributed by atoms with van der Waals surface area (Å²) in [5.41, 5.74) is 5.18. The van der Waals surface area contributed by atoms with E-state index in [9.17, 15) is 9.90 Å². The molecule has 214 valence electrons. The lowest BCUT2D eigenvalue weighted by molar-refractivity contribution is -0.143. The average molecular weight is 560 g/mol. The van der Waals surface area contributed by atoms with Gasteiger partial charge in [0.25, 0.3) is 0 Å². The van der Waals surface area contributed by atoms with Crippen molar-refractivity contribution in [1.82, 2.24) is 14.8 Å². The van der Waals surface area contributed by atoms with E-state index in [2.05, 4.69) is 92.1 Å². The van der Waals surface area contributed by atoms with E-state index in [1.165, 1.54) is 45.1 Å². The first-order chi connectivity index (χ1) is 19.3. The molecule has 3 aromatic rings. The molecule has 2 saturated heterocycles. The minimum absolute atomic E-state index is 0.361. The Kier molecular flexibility index (Phi) is 9.39. The minimum atomic E-state index is -0.676. The van der Waals surface area contributed by atoms with Crippen LogP contribution in [0.1, 0.15) is 77.2 Å². The van der Waals surface area contributed by atoms with E-state index in [1.54, 1.807) is 0 Å². The number of aryl methyl sites for hydroxylation is 2. The molecule has 2 aliphatic rings. The molecule has 5 nitrogen and oxygen atoms in total. The van der Waals surface area contributed by atoms with Gasteiger partial charge in [-0.25, -0.2) is 4.98 Å². The molecule has 1 N–H and O–H groups in total. The van der Waals surface area contributed by atoms with Crippen molar-refractivity contribution in [2.24, 2.45) is 11.8 Å². The quantitative estimate of drug-likeness (QED) is 0.298. The number of nitrogens with zero attached hydrogens (tertiary/aromatic N) is 3. The molecule has 0 amide bonds. The molecular weight excluding hydrogens is 514 g/mol. The second kappa shape index (κ2) is 13.0. The summed E-state index contributed by atoms with van der Waals surface area (Å²) >= 11 is 1.91. The van der Waals surface area contributed by atoms with E-state index in [1.807, 2.05) is 11.3 Å². The molecule has 0 radical (unpaired) electrons. The number of aromatic nitrogens is 1. The first kappa shape index (κ1) is 29.0. The van der Waals surface area contributed by atoms with Gasteiger partial charge in [-0.15, -0.1) is 11.3 Å². The average Bonchev–Trinajstić information content (AvgIpc) is 3.51. The molecule has 6 heteroatoms. The van der Waals surface area contributed by atoms with Crippen LogP contribution < -0.4 is 0 Å². The first-order valence-corrected chi connectivity index (χ1v) is 15.8. The van der Waals surface area contributed by atoms with Crippen LogP contribution in [0.5, 0.6) is 0 Å². The number of carbonyl (C=O) groups is 1. The molecule has 3 unspecified atom stereocenters. The van der Waals surface area contributed by atoms with Crippen LogP contribution in [0.2, 0.25) is 0 Å². The lowest BCUT2D eigenvalue weighted by Crippen LogP contribution is -2.42. The van der Waals surface area contributed by atoms with E-state index in [0.717, 1.165) is 39.1 Å². The van der Waals surface area contributed by atoms with E-state index < -0.39 is 12.0 Å². The third-order valence-corrected chi connectivity index (χ3v) is 10.2. The van der Waals surface area contributed by atoms with Crippen LogP contribution in [0, 0.1) is 25.7 Å². The van der Waals surface area contributed by atoms with E-state index in [0.29, 0.717) is 30.1 Å². The molecule has 2 aromatic carbocycles. The van der Waals surface area contributed by atoms with Crippen LogP contribution >= 0.6 is 11.3 Å². The highest BCUT2D eigenvalue weighted by atomic mass is 32.1. The fourth-order valence-corrected chi connectivity index (χ4v) is 8.15. The van der Waals surface area contributed by atoms with Crippen molar-refractivity contribution in [3.05, 3.63) is 86.9 Å². The highest BCUT2D eigenvalue weighted by Gasteiger charge is 2.40. The summed E-state index contributed by atoms with van der Waals surface area (Å²) < 4.78 is 0. The van der Waals surface area contributed by atoms with Crippen LogP contribution in [0.4, 0.5) is 0 Å². The molecule has 0 saturated carbocycles. The second-order valence-electron chi connectivity index (χ2n) is 12.5. The van der Waals surface area contributed by atoms with Gasteiger partial charge >= 0.3 is 5.97 Å². The smallest absolute Gasteiger partial charge is 0.320 e. The van der Waals surface area contributed by atoms with E-state index in [-0.39, 0.29) is 0 Å². The third kappa shape index (κ3) is 7.02. The van der Waals surface area contributed by atoms with Gasteiger partial charge in [0, 0.05) is 36.9 Å². The zero-order valence-corrected chi connectivity index (χ0v) is 25.4. The Morgan fingerprint density at radius 1 is 1.05 bits per heavy atom. The fraction of sp³-hybridized carbons (Fsp3) is 0.529. The van der Waals surface area contributed by atoms with Crippen molar-refractivity contribution in [2.75, 3.05) is 32.7 Å². The number of rotatable bonds is 10. The van der Waals surface area contributed by atoms with Gasteiger partial charge in [-0.1, -0.05) is 74.0 Å². The van der Waals surface area contributed by atoms with Crippen LogP contribution in [-0.2, 0) is 11.2 Å². The number of piperidine rings is 1. The molecular formula is C34H45N3O2S. The molecule has 0 spiro atoms. The van der Waals surface area contributed by atoms with Gasteiger partial charge in [-0.05, 0) is 75.1 Å². The van der Waals surface area contributed by atoms with Gasteiger partial charge in [0.05, 0.1) is 10.7 Å². The number of carboxylic acids is 1. The zero-order chi connectivity index (χ0) is 28.2. The van der Waals surface area contributed by atoms with Crippen LogP contribution in [-0.4, -0.2) is 64.6 Å².